The second-order valence-electron chi connectivity index (χ2n) is 6.29. The molecule has 0 aliphatic carbocycles. The van der Waals surface area contributed by atoms with E-state index in [0.29, 0.717) is 41.0 Å². The summed E-state index contributed by atoms with van der Waals surface area (Å²) >= 11 is 0. The lowest BCUT2D eigenvalue weighted by atomic mass is 10.1. The third-order valence-corrected chi connectivity index (χ3v) is 4.51. The highest BCUT2D eigenvalue weighted by Crippen LogP contribution is 2.34. The van der Waals surface area contributed by atoms with Gasteiger partial charge in [0, 0.05) is 17.8 Å². The van der Waals surface area contributed by atoms with Gasteiger partial charge in [-0.05, 0) is 29.8 Å². The maximum Gasteiger partial charge on any atom is 0.181 e. The highest BCUT2D eigenvalue weighted by molar-refractivity contribution is 5.78. The number of methoxy groups -OCH3 is 2. The Kier molecular flexibility index (Phi) is 4.76. The Morgan fingerprint density at radius 2 is 1.64 bits per heavy atom. The summed E-state index contributed by atoms with van der Waals surface area (Å²) < 4.78 is 18.6. The molecule has 0 bridgehead atoms. The quantitative estimate of drug-likeness (QED) is 0.547. The summed E-state index contributed by atoms with van der Waals surface area (Å²) in [7, 11) is 3.22. The highest BCUT2D eigenvalue weighted by Gasteiger charge is 2.16. The summed E-state index contributed by atoms with van der Waals surface area (Å²) in [6, 6.07) is 19.3. The van der Waals surface area contributed by atoms with Gasteiger partial charge in [-0.3, -0.25) is 4.40 Å². The molecule has 0 radical (unpaired) electrons. The molecule has 0 amide bonds. The molecule has 2 heterocycles. The predicted molar refractivity (Wildman–Crippen MR) is 109 cm³/mol. The molecular weight excluding hydrogens is 354 g/mol. The van der Waals surface area contributed by atoms with Crippen molar-refractivity contribution in [3.63, 3.8) is 0 Å². The predicted octanol–water partition coefficient (Wildman–Crippen LogP) is 4.18. The number of hydrogen-bond donors (Lipinski definition) is 1. The largest absolute Gasteiger partial charge is 0.497 e. The van der Waals surface area contributed by atoms with Gasteiger partial charge in [0.05, 0.1) is 14.2 Å². The van der Waals surface area contributed by atoms with Gasteiger partial charge in [0.1, 0.15) is 29.6 Å². The Balaban J connectivity index is 1.74. The summed E-state index contributed by atoms with van der Waals surface area (Å²) in [5.74, 6) is 2.53. The number of anilines is 1. The van der Waals surface area contributed by atoms with E-state index in [0.717, 1.165) is 11.1 Å². The molecule has 28 heavy (non-hydrogen) atoms. The van der Waals surface area contributed by atoms with Crippen molar-refractivity contribution in [2.75, 3.05) is 20.0 Å². The van der Waals surface area contributed by atoms with Crippen molar-refractivity contribution in [1.82, 2.24) is 9.38 Å². The minimum atomic E-state index is 0.454. The number of nitrogen functional groups attached to an aromatic ring is 1. The number of imidazole rings is 1. The van der Waals surface area contributed by atoms with Crippen molar-refractivity contribution in [3.8, 4) is 28.5 Å². The molecular formula is C22H21N3O3. The minimum absolute atomic E-state index is 0.454. The molecule has 4 rings (SSSR count). The summed E-state index contributed by atoms with van der Waals surface area (Å²) in [5.41, 5.74) is 9.60. The smallest absolute Gasteiger partial charge is 0.181 e. The summed E-state index contributed by atoms with van der Waals surface area (Å²) in [6.45, 7) is 0.454. The molecule has 0 spiro atoms. The van der Waals surface area contributed by atoms with Gasteiger partial charge in [-0.15, -0.1) is 0 Å². The van der Waals surface area contributed by atoms with Gasteiger partial charge in [0.25, 0.3) is 0 Å². The van der Waals surface area contributed by atoms with E-state index in [1.165, 1.54) is 0 Å². The number of ether oxygens (including phenoxy) is 3. The van der Waals surface area contributed by atoms with Crippen molar-refractivity contribution < 1.29 is 14.2 Å². The fraction of sp³-hybridized carbons (Fsp3) is 0.136. The van der Waals surface area contributed by atoms with Crippen molar-refractivity contribution >= 4 is 11.5 Å². The zero-order chi connectivity index (χ0) is 19.5. The first kappa shape index (κ1) is 17.7. The van der Waals surface area contributed by atoms with Crippen LogP contribution in [0.4, 0.5) is 5.82 Å². The molecule has 0 saturated carbocycles. The first-order valence-electron chi connectivity index (χ1n) is 8.86. The molecule has 4 aromatic rings. The fourth-order valence-electron chi connectivity index (χ4n) is 3.07. The van der Waals surface area contributed by atoms with Crippen LogP contribution in [0.15, 0.2) is 66.9 Å². The van der Waals surface area contributed by atoms with E-state index in [4.69, 9.17) is 24.9 Å². The number of rotatable bonds is 6. The van der Waals surface area contributed by atoms with Crippen LogP contribution in [0.25, 0.3) is 16.9 Å². The summed E-state index contributed by atoms with van der Waals surface area (Å²) in [5, 5.41) is 0. The first-order chi connectivity index (χ1) is 13.7. The van der Waals surface area contributed by atoms with E-state index < -0.39 is 0 Å². The van der Waals surface area contributed by atoms with Gasteiger partial charge < -0.3 is 19.9 Å². The minimum Gasteiger partial charge on any atom is -0.497 e. The fourth-order valence-corrected chi connectivity index (χ4v) is 3.07. The average molecular weight is 375 g/mol. The van der Waals surface area contributed by atoms with Crippen LogP contribution in [-0.2, 0) is 6.61 Å². The highest BCUT2D eigenvalue weighted by atomic mass is 16.5. The molecule has 142 valence electrons. The van der Waals surface area contributed by atoms with E-state index in [1.54, 1.807) is 14.2 Å². The lowest BCUT2D eigenvalue weighted by molar-refractivity contribution is 0.308. The number of aromatic nitrogens is 2. The van der Waals surface area contributed by atoms with Gasteiger partial charge in [-0.25, -0.2) is 4.98 Å². The summed E-state index contributed by atoms with van der Waals surface area (Å²) in [6.07, 6.45) is 1.87. The third kappa shape index (κ3) is 3.32. The van der Waals surface area contributed by atoms with Gasteiger partial charge >= 0.3 is 0 Å². The van der Waals surface area contributed by atoms with Crippen molar-refractivity contribution in [2.24, 2.45) is 0 Å². The van der Waals surface area contributed by atoms with Crippen LogP contribution in [-0.4, -0.2) is 23.6 Å². The molecule has 0 saturated heterocycles. The van der Waals surface area contributed by atoms with Crippen LogP contribution in [0.2, 0.25) is 0 Å². The Labute approximate surface area is 163 Å². The van der Waals surface area contributed by atoms with E-state index in [9.17, 15) is 0 Å². The lowest BCUT2D eigenvalue weighted by Crippen LogP contribution is -1.98. The average Bonchev–Trinajstić information content (AvgIpc) is 3.10. The van der Waals surface area contributed by atoms with E-state index in [-0.39, 0.29) is 0 Å². The molecule has 0 aliphatic heterocycles. The lowest BCUT2D eigenvalue weighted by Gasteiger charge is -2.07. The van der Waals surface area contributed by atoms with Crippen LogP contribution >= 0.6 is 0 Å². The molecule has 6 heteroatoms. The van der Waals surface area contributed by atoms with Crippen molar-refractivity contribution in [1.29, 1.82) is 0 Å². The van der Waals surface area contributed by atoms with Crippen LogP contribution in [0.5, 0.6) is 17.2 Å². The van der Waals surface area contributed by atoms with Crippen LogP contribution < -0.4 is 19.9 Å². The summed E-state index contributed by atoms with van der Waals surface area (Å²) in [4.78, 5) is 4.75. The van der Waals surface area contributed by atoms with Crippen LogP contribution in [0.3, 0.4) is 0 Å². The van der Waals surface area contributed by atoms with Crippen molar-refractivity contribution in [3.05, 3.63) is 72.4 Å². The molecule has 2 aromatic heterocycles. The maximum atomic E-state index is 6.39. The second-order valence-corrected chi connectivity index (χ2v) is 6.29. The monoisotopic (exact) mass is 375 g/mol. The Morgan fingerprint density at radius 3 is 2.32 bits per heavy atom. The zero-order valence-electron chi connectivity index (χ0n) is 15.8. The Morgan fingerprint density at radius 1 is 0.929 bits per heavy atom. The van der Waals surface area contributed by atoms with Gasteiger partial charge in [-0.2, -0.15) is 0 Å². The standard InChI is InChI=1S/C22H21N3O3/c1-26-17-11-16(12-18(13-17)27-2)20-21(23)25-10-6-9-19(22(25)24-20)28-14-15-7-4-3-5-8-15/h3-13H,14,23H2,1-2H3. The number of fused-ring (bicyclic) bond motifs is 1. The molecule has 2 aromatic carbocycles. The zero-order valence-corrected chi connectivity index (χ0v) is 15.8. The van der Waals surface area contributed by atoms with Crippen LogP contribution in [0.1, 0.15) is 5.56 Å². The van der Waals surface area contributed by atoms with Crippen LogP contribution in [0, 0.1) is 0 Å². The molecule has 0 unspecified atom stereocenters. The molecule has 6 nitrogen and oxygen atoms in total. The molecule has 0 aliphatic rings. The van der Waals surface area contributed by atoms with E-state index in [1.807, 2.05) is 71.3 Å². The number of nitrogens with two attached hydrogens (primary N) is 1. The molecule has 2 N–H and O–H groups in total. The van der Waals surface area contributed by atoms with E-state index in [2.05, 4.69) is 0 Å². The topological polar surface area (TPSA) is 71.0 Å². The SMILES string of the molecule is COc1cc(OC)cc(-c2nc3c(OCc4ccccc4)cccn3c2N)c1. The number of hydrogen-bond acceptors (Lipinski definition) is 5. The third-order valence-electron chi connectivity index (χ3n) is 4.51. The molecule has 0 fully saturated rings. The first-order valence-corrected chi connectivity index (χ1v) is 8.86. The number of nitrogens with zero attached hydrogens (tertiary/aromatic N) is 2. The Bertz CT molecular complexity index is 1080. The molecule has 0 atom stereocenters. The van der Waals surface area contributed by atoms with Crippen molar-refractivity contribution in [2.45, 2.75) is 6.61 Å². The Hall–Kier alpha value is -3.67. The maximum absolute atomic E-state index is 6.39. The number of benzene rings is 2. The second kappa shape index (κ2) is 7.52. The van der Waals surface area contributed by atoms with Gasteiger partial charge in [0.2, 0.25) is 0 Å². The number of pyridine rings is 1. The van der Waals surface area contributed by atoms with E-state index >= 15 is 0 Å². The van der Waals surface area contributed by atoms with Gasteiger partial charge in [0.15, 0.2) is 11.4 Å². The van der Waals surface area contributed by atoms with Gasteiger partial charge in [-0.1, -0.05) is 30.3 Å². The normalized spacial score (nSPS) is 10.8.